The maximum Gasteiger partial charge on any atom is 0.341 e. The smallest absolute Gasteiger partial charge is 0.341 e. The third-order valence-corrected chi connectivity index (χ3v) is 2.94. The number of carboxylic acids is 1. The van der Waals surface area contributed by atoms with E-state index in [0.717, 1.165) is 19.4 Å². The lowest BCUT2D eigenvalue weighted by atomic mass is 10.2. The Morgan fingerprint density at radius 1 is 1.35 bits per heavy atom. The molecule has 0 saturated carbocycles. The molecule has 1 amide bonds. The van der Waals surface area contributed by atoms with Crippen LogP contribution >= 0.6 is 0 Å². The SMILES string of the molecule is O=C(O)COc1ccc(NC(=O)CC2CCCO2)cc1. The summed E-state index contributed by atoms with van der Waals surface area (Å²) >= 11 is 0. The van der Waals surface area contributed by atoms with E-state index in [-0.39, 0.29) is 18.6 Å². The molecule has 1 unspecified atom stereocenters. The fourth-order valence-corrected chi connectivity index (χ4v) is 2.00. The van der Waals surface area contributed by atoms with E-state index in [1.54, 1.807) is 24.3 Å². The molecule has 6 nitrogen and oxygen atoms in total. The van der Waals surface area contributed by atoms with Crippen LogP contribution < -0.4 is 10.1 Å². The molecule has 2 N–H and O–H groups in total. The molecule has 1 saturated heterocycles. The minimum absolute atomic E-state index is 0.0215. The van der Waals surface area contributed by atoms with Crippen molar-refractivity contribution in [1.82, 2.24) is 0 Å². The van der Waals surface area contributed by atoms with Crippen LogP contribution in [0.2, 0.25) is 0 Å². The second-order valence-electron chi connectivity index (χ2n) is 4.59. The number of nitrogens with one attached hydrogen (secondary N) is 1. The Balaban J connectivity index is 1.80. The summed E-state index contributed by atoms with van der Waals surface area (Å²) in [6.07, 6.45) is 2.31. The monoisotopic (exact) mass is 279 g/mol. The molecule has 1 heterocycles. The van der Waals surface area contributed by atoms with Crippen molar-refractivity contribution < 1.29 is 24.2 Å². The Labute approximate surface area is 116 Å². The number of carboxylic acid groups (broad SMARTS) is 1. The average molecular weight is 279 g/mol. The van der Waals surface area contributed by atoms with Crippen molar-refractivity contribution in [2.45, 2.75) is 25.4 Å². The number of aliphatic carboxylic acids is 1. The number of carbonyl (C=O) groups excluding carboxylic acids is 1. The number of benzene rings is 1. The van der Waals surface area contributed by atoms with Crippen molar-refractivity contribution >= 4 is 17.6 Å². The molecule has 1 aromatic rings. The molecule has 20 heavy (non-hydrogen) atoms. The van der Waals surface area contributed by atoms with Crippen LogP contribution in [-0.2, 0) is 14.3 Å². The molecule has 1 aliphatic heterocycles. The lowest BCUT2D eigenvalue weighted by Gasteiger charge is -2.10. The Morgan fingerprint density at radius 2 is 2.10 bits per heavy atom. The Morgan fingerprint density at radius 3 is 2.70 bits per heavy atom. The summed E-state index contributed by atoms with van der Waals surface area (Å²) < 4.78 is 10.4. The maximum atomic E-state index is 11.8. The van der Waals surface area contributed by atoms with Gasteiger partial charge in [0.1, 0.15) is 5.75 Å². The number of hydrogen-bond acceptors (Lipinski definition) is 4. The molecule has 1 atom stereocenters. The van der Waals surface area contributed by atoms with Gasteiger partial charge in [0.15, 0.2) is 6.61 Å². The standard InChI is InChI=1S/C14H17NO5/c16-13(8-12-2-1-7-19-12)15-10-3-5-11(6-4-10)20-9-14(17)18/h3-6,12H,1-2,7-9H2,(H,15,16)(H,17,18). The number of anilines is 1. The Kier molecular flexibility index (Phi) is 4.95. The summed E-state index contributed by atoms with van der Waals surface area (Å²) in [6.45, 7) is 0.346. The van der Waals surface area contributed by atoms with Gasteiger partial charge in [0.2, 0.25) is 5.91 Å². The van der Waals surface area contributed by atoms with Gasteiger partial charge in [-0.3, -0.25) is 4.79 Å². The van der Waals surface area contributed by atoms with Crippen molar-refractivity contribution in [3.63, 3.8) is 0 Å². The quantitative estimate of drug-likeness (QED) is 0.827. The van der Waals surface area contributed by atoms with Gasteiger partial charge in [-0.1, -0.05) is 0 Å². The van der Waals surface area contributed by atoms with E-state index in [9.17, 15) is 9.59 Å². The van der Waals surface area contributed by atoms with Crippen molar-refractivity contribution in [3.05, 3.63) is 24.3 Å². The second kappa shape index (κ2) is 6.91. The van der Waals surface area contributed by atoms with Gasteiger partial charge < -0.3 is 19.9 Å². The van der Waals surface area contributed by atoms with Crippen molar-refractivity contribution in [3.8, 4) is 5.75 Å². The summed E-state index contributed by atoms with van der Waals surface area (Å²) in [5, 5.41) is 11.3. The van der Waals surface area contributed by atoms with Crippen LogP contribution in [0.15, 0.2) is 24.3 Å². The topological polar surface area (TPSA) is 84.9 Å². The predicted molar refractivity (Wildman–Crippen MR) is 71.8 cm³/mol. The number of rotatable bonds is 6. The van der Waals surface area contributed by atoms with Crippen LogP contribution in [0.5, 0.6) is 5.75 Å². The lowest BCUT2D eigenvalue weighted by molar-refractivity contribution is -0.139. The highest BCUT2D eigenvalue weighted by Gasteiger charge is 2.18. The number of hydrogen-bond donors (Lipinski definition) is 2. The Hall–Kier alpha value is -2.08. The molecule has 2 rings (SSSR count). The first-order valence-electron chi connectivity index (χ1n) is 6.49. The van der Waals surface area contributed by atoms with Crippen LogP contribution in [0.1, 0.15) is 19.3 Å². The van der Waals surface area contributed by atoms with Gasteiger partial charge in [-0.05, 0) is 37.1 Å². The maximum absolute atomic E-state index is 11.8. The molecule has 1 aromatic carbocycles. The van der Waals surface area contributed by atoms with Gasteiger partial charge in [0.05, 0.1) is 12.5 Å². The number of carbonyl (C=O) groups is 2. The highest BCUT2D eigenvalue weighted by Crippen LogP contribution is 2.18. The first-order chi connectivity index (χ1) is 9.63. The van der Waals surface area contributed by atoms with E-state index in [2.05, 4.69) is 5.32 Å². The molecule has 1 fully saturated rings. The Bertz CT molecular complexity index is 465. The van der Waals surface area contributed by atoms with Crippen LogP contribution in [0, 0.1) is 0 Å². The summed E-state index contributed by atoms with van der Waals surface area (Å²) in [5.74, 6) is -0.667. The fraction of sp³-hybridized carbons (Fsp3) is 0.429. The van der Waals surface area contributed by atoms with Crippen LogP contribution in [0.25, 0.3) is 0 Å². The number of ether oxygens (including phenoxy) is 2. The van der Waals surface area contributed by atoms with Crippen LogP contribution in [0.3, 0.4) is 0 Å². The highest BCUT2D eigenvalue weighted by atomic mass is 16.5. The van der Waals surface area contributed by atoms with Gasteiger partial charge in [-0.2, -0.15) is 0 Å². The summed E-state index contributed by atoms with van der Waals surface area (Å²) in [4.78, 5) is 22.1. The van der Waals surface area contributed by atoms with Crippen molar-refractivity contribution in [2.75, 3.05) is 18.5 Å². The van der Waals surface area contributed by atoms with E-state index in [1.807, 2.05) is 0 Å². The van der Waals surface area contributed by atoms with Crippen molar-refractivity contribution in [2.24, 2.45) is 0 Å². The van der Waals surface area contributed by atoms with Crippen LogP contribution in [-0.4, -0.2) is 36.3 Å². The molecular weight excluding hydrogens is 262 g/mol. The minimum atomic E-state index is -1.03. The molecular formula is C14H17NO5. The van der Waals surface area contributed by atoms with E-state index in [1.165, 1.54) is 0 Å². The van der Waals surface area contributed by atoms with E-state index < -0.39 is 5.97 Å². The minimum Gasteiger partial charge on any atom is -0.482 e. The summed E-state index contributed by atoms with van der Waals surface area (Å²) in [5.41, 5.74) is 0.649. The normalized spacial score (nSPS) is 17.7. The lowest BCUT2D eigenvalue weighted by Crippen LogP contribution is -2.19. The largest absolute Gasteiger partial charge is 0.482 e. The number of amides is 1. The highest BCUT2D eigenvalue weighted by molar-refractivity contribution is 5.91. The first kappa shape index (κ1) is 14.3. The van der Waals surface area contributed by atoms with Crippen molar-refractivity contribution in [1.29, 1.82) is 0 Å². The van der Waals surface area contributed by atoms with Crippen LogP contribution in [0.4, 0.5) is 5.69 Å². The molecule has 0 aliphatic carbocycles. The molecule has 0 aromatic heterocycles. The molecule has 6 heteroatoms. The molecule has 108 valence electrons. The molecule has 1 aliphatic rings. The zero-order valence-corrected chi connectivity index (χ0v) is 11.0. The third kappa shape index (κ3) is 4.55. The zero-order chi connectivity index (χ0) is 14.4. The third-order valence-electron chi connectivity index (χ3n) is 2.94. The fourth-order valence-electron chi connectivity index (χ4n) is 2.00. The second-order valence-corrected chi connectivity index (χ2v) is 4.59. The predicted octanol–water partition coefficient (Wildman–Crippen LogP) is 1.66. The molecule has 0 bridgehead atoms. The molecule has 0 spiro atoms. The van der Waals surface area contributed by atoms with E-state index in [0.29, 0.717) is 17.9 Å². The molecule has 0 radical (unpaired) electrons. The van der Waals surface area contributed by atoms with Gasteiger partial charge in [0, 0.05) is 12.3 Å². The van der Waals surface area contributed by atoms with Gasteiger partial charge in [-0.25, -0.2) is 4.79 Å². The van der Waals surface area contributed by atoms with E-state index in [4.69, 9.17) is 14.6 Å². The summed E-state index contributed by atoms with van der Waals surface area (Å²) in [7, 11) is 0. The average Bonchev–Trinajstić information content (AvgIpc) is 2.90. The van der Waals surface area contributed by atoms with E-state index >= 15 is 0 Å². The van der Waals surface area contributed by atoms with Gasteiger partial charge in [0.25, 0.3) is 0 Å². The van der Waals surface area contributed by atoms with Gasteiger partial charge >= 0.3 is 5.97 Å². The first-order valence-corrected chi connectivity index (χ1v) is 6.49. The van der Waals surface area contributed by atoms with Gasteiger partial charge in [-0.15, -0.1) is 0 Å². The zero-order valence-electron chi connectivity index (χ0n) is 11.0. The summed E-state index contributed by atoms with van der Waals surface area (Å²) in [6, 6.07) is 6.57.